The number of aromatic nitrogens is 1. The summed E-state index contributed by atoms with van der Waals surface area (Å²) in [5.41, 5.74) is 11.6. The van der Waals surface area contributed by atoms with Gasteiger partial charge in [0, 0.05) is 17.6 Å². The molecule has 2 N–H and O–H groups in total. The number of hydrogen-bond donors (Lipinski definition) is 1. The van der Waals surface area contributed by atoms with Crippen molar-refractivity contribution in [2.45, 2.75) is 39.7 Å². The molecule has 18 heavy (non-hydrogen) atoms. The third-order valence-electron chi connectivity index (χ3n) is 4.15. The van der Waals surface area contributed by atoms with E-state index in [1.807, 2.05) is 0 Å². The topological polar surface area (TPSA) is 30.9 Å². The van der Waals surface area contributed by atoms with Crippen LogP contribution in [0.3, 0.4) is 0 Å². The van der Waals surface area contributed by atoms with Crippen molar-refractivity contribution >= 4 is 10.9 Å². The molecule has 0 fully saturated rings. The van der Waals surface area contributed by atoms with Gasteiger partial charge in [0.25, 0.3) is 0 Å². The Bertz CT molecular complexity index is 580. The molecule has 3 rings (SSSR count). The summed E-state index contributed by atoms with van der Waals surface area (Å²) in [6.45, 7) is 6.40. The molecule has 1 atom stereocenters. The van der Waals surface area contributed by atoms with Crippen molar-refractivity contribution in [3.05, 3.63) is 35.0 Å². The molecule has 96 valence electrons. The van der Waals surface area contributed by atoms with Crippen molar-refractivity contribution < 1.29 is 0 Å². The fraction of sp³-hybridized carbons (Fsp3) is 0.500. The van der Waals surface area contributed by atoms with Crippen LogP contribution in [0.1, 0.15) is 30.2 Å². The Kier molecular flexibility index (Phi) is 2.90. The maximum atomic E-state index is 5.74. The predicted octanol–water partition coefficient (Wildman–Crippen LogP) is 3.03. The lowest BCUT2D eigenvalue weighted by molar-refractivity contribution is 0.591. The van der Waals surface area contributed by atoms with Gasteiger partial charge in [-0.3, -0.25) is 0 Å². The highest BCUT2D eigenvalue weighted by Crippen LogP contribution is 2.30. The van der Waals surface area contributed by atoms with Gasteiger partial charge >= 0.3 is 0 Å². The van der Waals surface area contributed by atoms with Crippen molar-refractivity contribution in [2.75, 3.05) is 6.54 Å². The average Bonchev–Trinajstić information content (AvgIpc) is 2.68. The third-order valence-corrected chi connectivity index (χ3v) is 4.15. The number of aryl methyl sites for hydroxylation is 3. The molecular weight excluding hydrogens is 220 g/mol. The van der Waals surface area contributed by atoms with Gasteiger partial charge in [-0.05, 0) is 61.9 Å². The van der Waals surface area contributed by atoms with Crippen molar-refractivity contribution in [3.63, 3.8) is 0 Å². The zero-order valence-electron chi connectivity index (χ0n) is 11.4. The molecule has 1 aromatic carbocycles. The number of nitrogens with two attached hydrogens (primary N) is 1. The van der Waals surface area contributed by atoms with E-state index in [2.05, 4.69) is 36.6 Å². The molecule has 1 unspecified atom stereocenters. The fourth-order valence-electron chi connectivity index (χ4n) is 3.22. The van der Waals surface area contributed by atoms with E-state index in [1.54, 1.807) is 0 Å². The summed E-state index contributed by atoms with van der Waals surface area (Å²) in [6.07, 6.45) is 3.60. The Morgan fingerprint density at radius 3 is 2.94 bits per heavy atom. The summed E-state index contributed by atoms with van der Waals surface area (Å²) >= 11 is 0. The highest BCUT2D eigenvalue weighted by molar-refractivity contribution is 5.85. The van der Waals surface area contributed by atoms with Gasteiger partial charge in [-0.1, -0.05) is 13.0 Å². The van der Waals surface area contributed by atoms with E-state index in [0.29, 0.717) is 5.92 Å². The summed E-state index contributed by atoms with van der Waals surface area (Å²) < 4.78 is 2.48. The maximum Gasteiger partial charge on any atom is 0.0515 e. The molecule has 0 amide bonds. The van der Waals surface area contributed by atoms with Crippen LogP contribution >= 0.6 is 0 Å². The lowest BCUT2D eigenvalue weighted by Gasteiger charge is -2.18. The summed E-state index contributed by atoms with van der Waals surface area (Å²) in [7, 11) is 0. The molecule has 2 nitrogen and oxygen atoms in total. The van der Waals surface area contributed by atoms with Crippen molar-refractivity contribution in [3.8, 4) is 0 Å². The molecular formula is C16H22N2. The van der Waals surface area contributed by atoms with E-state index in [4.69, 9.17) is 5.73 Å². The summed E-state index contributed by atoms with van der Waals surface area (Å²) in [6, 6.07) is 7.10. The van der Waals surface area contributed by atoms with Gasteiger partial charge in [0.1, 0.15) is 0 Å². The van der Waals surface area contributed by atoms with Crippen molar-refractivity contribution in [2.24, 2.45) is 11.7 Å². The summed E-state index contributed by atoms with van der Waals surface area (Å²) in [4.78, 5) is 0. The van der Waals surface area contributed by atoms with Gasteiger partial charge in [-0.2, -0.15) is 0 Å². The first-order chi connectivity index (χ1) is 8.69. The van der Waals surface area contributed by atoms with Crippen molar-refractivity contribution in [1.82, 2.24) is 4.57 Å². The number of rotatable bonds is 3. The summed E-state index contributed by atoms with van der Waals surface area (Å²) in [5, 5.41) is 1.42. The Labute approximate surface area is 109 Å². The highest BCUT2D eigenvalue weighted by atomic mass is 15.0. The van der Waals surface area contributed by atoms with E-state index in [1.165, 1.54) is 47.1 Å². The molecule has 1 aliphatic heterocycles. The van der Waals surface area contributed by atoms with Crippen LogP contribution in [0.2, 0.25) is 0 Å². The van der Waals surface area contributed by atoms with E-state index in [-0.39, 0.29) is 0 Å². The number of nitrogens with zero attached hydrogens (tertiary/aromatic N) is 1. The molecule has 0 saturated heterocycles. The van der Waals surface area contributed by atoms with Crippen LogP contribution in [0, 0.1) is 12.8 Å². The Morgan fingerprint density at radius 1 is 1.33 bits per heavy atom. The molecule has 2 heteroatoms. The second-order valence-electron chi connectivity index (χ2n) is 5.78. The number of hydrogen-bond acceptors (Lipinski definition) is 1. The highest BCUT2D eigenvalue weighted by Gasteiger charge is 2.16. The lowest BCUT2D eigenvalue weighted by Crippen LogP contribution is -2.14. The number of benzene rings is 1. The molecule has 1 aromatic heterocycles. The van der Waals surface area contributed by atoms with Crippen LogP contribution in [-0.4, -0.2) is 11.1 Å². The SMILES string of the molecule is Cc1cc2cc(CC(C)CN)cc3c2n1CCC3. The van der Waals surface area contributed by atoms with Crippen LogP contribution in [0.15, 0.2) is 18.2 Å². The molecule has 0 aliphatic carbocycles. The molecule has 2 aromatic rings. The van der Waals surface area contributed by atoms with Gasteiger partial charge in [0.05, 0.1) is 5.52 Å². The largest absolute Gasteiger partial charge is 0.345 e. The third kappa shape index (κ3) is 1.85. The van der Waals surface area contributed by atoms with Crippen LogP contribution in [-0.2, 0) is 19.4 Å². The van der Waals surface area contributed by atoms with Crippen LogP contribution in [0.4, 0.5) is 0 Å². The minimum Gasteiger partial charge on any atom is -0.345 e. The fourth-order valence-corrected chi connectivity index (χ4v) is 3.22. The molecule has 1 aliphatic rings. The van der Waals surface area contributed by atoms with E-state index < -0.39 is 0 Å². The van der Waals surface area contributed by atoms with E-state index in [9.17, 15) is 0 Å². The molecule has 0 saturated carbocycles. The lowest BCUT2D eigenvalue weighted by atomic mass is 9.95. The quantitative estimate of drug-likeness (QED) is 0.881. The molecule has 0 radical (unpaired) electrons. The van der Waals surface area contributed by atoms with Crippen molar-refractivity contribution in [1.29, 1.82) is 0 Å². The first-order valence-electron chi connectivity index (χ1n) is 7.00. The zero-order valence-corrected chi connectivity index (χ0v) is 11.4. The summed E-state index contributed by atoms with van der Waals surface area (Å²) in [5.74, 6) is 0.571. The Balaban J connectivity index is 2.10. The maximum absolute atomic E-state index is 5.74. The Morgan fingerprint density at radius 2 is 2.17 bits per heavy atom. The van der Waals surface area contributed by atoms with E-state index >= 15 is 0 Å². The second-order valence-corrected chi connectivity index (χ2v) is 5.78. The molecule has 0 spiro atoms. The average molecular weight is 242 g/mol. The smallest absolute Gasteiger partial charge is 0.0515 e. The standard InChI is InChI=1S/C16H22N2/c1-11(10-17)6-13-8-14-4-3-5-18-12(2)7-15(9-13)16(14)18/h7-9,11H,3-6,10,17H2,1-2H3. The van der Waals surface area contributed by atoms with Gasteiger partial charge in [0.15, 0.2) is 0 Å². The van der Waals surface area contributed by atoms with Gasteiger partial charge < -0.3 is 10.3 Å². The van der Waals surface area contributed by atoms with E-state index in [0.717, 1.165) is 13.0 Å². The molecule has 0 bridgehead atoms. The van der Waals surface area contributed by atoms with Crippen LogP contribution < -0.4 is 5.73 Å². The predicted molar refractivity (Wildman–Crippen MR) is 76.9 cm³/mol. The van der Waals surface area contributed by atoms with Gasteiger partial charge in [-0.15, -0.1) is 0 Å². The second kappa shape index (κ2) is 4.43. The minimum absolute atomic E-state index is 0.571. The van der Waals surface area contributed by atoms with Crippen LogP contribution in [0.5, 0.6) is 0 Å². The zero-order chi connectivity index (χ0) is 12.7. The van der Waals surface area contributed by atoms with Gasteiger partial charge in [0.2, 0.25) is 0 Å². The normalized spacial score (nSPS) is 16.2. The van der Waals surface area contributed by atoms with Crippen LogP contribution in [0.25, 0.3) is 10.9 Å². The molecule has 2 heterocycles. The Hall–Kier alpha value is -1.28. The van der Waals surface area contributed by atoms with Gasteiger partial charge in [-0.25, -0.2) is 0 Å². The first-order valence-corrected chi connectivity index (χ1v) is 7.00. The monoisotopic (exact) mass is 242 g/mol. The minimum atomic E-state index is 0.571. The first kappa shape index (κ1) is 11.8.